The van der Waals surface area contributed by atoms with E-state index in [1.165, 1.54) is 23.9 Å². The minimum Gasteiger partial charge on any atom is -0.464 e. The number of benzene rings is 1. The second kappa shape index (κ2) is 6.33. The van der Waals surface area contributed by atoms with Gasteiger partial charge in [-0.15, -0.1) is 0 Å². The van der Waals surface area contributed by atoms with Crippen LogP contribution in [0.1, 0.15) is 6.92 Å². The number of rotatable bonds is 5. The fourth-order valence-electron chi connectivity index (χ4n) is 1.30. The van der Waals surface area contributed by atoms with Crippen LogP contribution in [0.4, 0.5) is 10.3 Å². The summed E-state index contributed by atoms with van der Waals surface area (Å²) in [5.74, 6) is 0.161. The Morgan fingerprint density at radius 1 is 1.21 bits per heavy atom. The SMILES string of the molecule is CCOc1nc(NC)nc(Sc2ccc(F)cc2)n1. The Bertz CT molecular complexity index is 550. The number of nitrogens with one attached hydrogen (secondary N) is 1. The van der Waals surface area contributed by atoms with Crippen LogP contribution < -0.4 is 10.1 Å². The third-order valence-electron chi connectivity index (χ3n) is 2.11. The maximum atomic E-state index is 12.8. The Labute approximate surface area is 114 Å². The highest BCUT2D eigenvalue weighted by molar-refractivity contribution is 7.99. The van der Waals surface area contributed by atoms with Gasteiger partial charge in [0.25, 0.3) is 0 Å². The highest BCUT2D eigenvalue weighted by atomic mass is 32.2. The summed E-state index contributed by atoms with van der Waals surface area (Å²) in [6.07, 6.45) is 0. The molecule has 2 aromatic rings. The molecule has 0 fully saturated rings. The smallest absolute Gasteiger partial charge is 0.322 e. The van der Waals surface area contributed by atoms with E-state index in [4.69, 9.17) is 4.74 Å². The maximum absolute atomic E-state index is 12.8. The lowest BCUT2D eigenvalue weighted by atomic mass is 10.4. The first kappa shape index (κ1) is 13.5. The van der Waals surface area contributed by atoms with Gasteiger partial charge in [0.15, 0.2) is 0 Å². The van der Waals surface area contributed by atoms with Gasteiger partial charge >= 0.3 is 6.01 Å². The van der Waals surface area contributed by atoms with Gasteiger partial charge in [-0.1, -0.05) is 0 Å². The van der Waals surface area contributed by atoms with Crippen LogP contribution in [-0.2, 0) is 0 Å². The lowest BCUT2D eigenvalue weighted by molar-refractivity contribution is 0.308. The first-order chi connectivity index (χ1) is 9.21. The van der Waals surface area contributed by atoms with Gasteiger partial charge in [-0.25, -0.2) is 4.39 Å². The predicted molar refractivity (Wildman–Crippen MR) is 71.1 cm³/mol. The summed E-state index contributed by atoms with van der Waals surface area (Å²) < 4.78 is 18.1. The van der Waals surface area contributed by atoms with Crippen LogP contribution in [-0.4, -0.2) is 28.6 Å². The van der Waals surface area contributed by atoms with Crippen molar-refractivity contribution in [3.63, 3.8) is 0 Å². The molecule has 19 heavy (non-hydrogen) atoms. The zero-order chi connectivity index (χ0) is 13.7. The molecule has 0 amide bonds. The summed E-state index contributed by atoms with van der Waals surface area (Å²) in [5.41, 5.74) is 0. The van der Waals surface area contributed by atoms with Crippen LogP contribution >= 0.6 is 11.8 Å². The Hall–Kier alpha value is -1.89. The van der Waals surface area contributed by atoms with Gasteiger partial charge in [-0.2, -0.15) is 15.0 Å². The first-order valence-electron chi connectivity index (χ1n) is 5.71. The van der Waals surface area contributed by atoms with E-state index in [0.29, 0.717) is 17.7 Å². The number of hydrogen-bond donors (Lipinski definition) is 1. The summed E-state index contributed by atoms with van der Waals surface area (Å²) in [4.78, 5) is 13.3. The van der Waals surface area contributed by atoms with E-state index >= 15 is 0 Å². The summed E-state index contributed by atoms with van der Waals surface area (Å²) in [7, 11) is 1.72. The summed E-state index contributed by atoms with van der Waals surface area (Å²) in [6, 6.07) is 6.40. The maximum Gasteiger partial charge on any atom is 0.322 e. The average Bonchev–Trinajstić information content (AvgIpc) is 2.41. The molecule has 7 heteroatoms. The molecular weight excluding hydrogens is 267 g/mol. The quantitative estimate of drug-likeness (QED) is 0.908. The lowest BCUT2D eigenvalue weighted by Crippen LogP contribution is -2.04. The van der Waals surface area contributed by atoms with Crippen molar-refractivity contribution in [2.24, 2.45) is 0 Å². The van der Waals surface area contributed by atoms with E-state index in [1.54, 1.807) is 19.2 Å². The van der Waals surface area contributed by atoms with E-state index in [2.05, 4.69) is 20.3 Å². The predicted octanol–water partition coefficient (Wildman–Crippen LogP) is 2.60. The Morgan fingerprint density at radius 2 is 1.95 bits per heavy atom. The van der Waals surface area contributed by atoms with E-state index < -0.39 is 0 Å². The van der Waals surface area contributed by atoms with Crippen molar-refractivity contribution in [3.05, 3.63) is 30.1 Å². The molecule has 0 atom stereocenters. The molecule has 0 unspecified atom stereocenters. The number of anilines is 1. The van der Waals surface area contributed by atoms with E-state index in [9.17, 15) is 4.39 Å². The van der Waals surface area contributed by atoms with Gasteiger partial charge in [0.05, 0.1) is 6.61 Å². The molecule has 1 aromatic heterocycles. The van der Waals surface area contributed by atoms with Gasteiger partial charge < -0.3 is 10.1 Å². The minimum absolute atomic E-state index is 0.270. The van der Waals surface area contributed by atoms with Crippen LogP contribution in [0.15, 0.2) is 34.3 Å². The Morgan fingerprint density at radius 3 is 2.58 bits per heavy atom. The number of ether oxygens (including phenoxy) is 1. The van der Waals surface area contributed by atoms with E-state index in [1.807, 2.05) is 6.92 Å². The molecule has 1 heterocycles. The van der Waals surface area contributed by atoms with Crippen molar-refractivity contribution >= 4 is 17.7 Å². The zero-order valence-electron chi connectivity index (χ0n) is 10.6. The summed E-state index contributed by atoms with van der Waals surface area (Å²) in [6.45, 7) is 2.34. The molecule has 0 aliphatic heterocycles. The number of halogens is 1. The second-order valence-corrected chi connectivity index (χ2v) is 4.50. The van der Waals surface area contributed by atoms with Gasteiger partial charge in [0.1, 0.15) is 5.82 Å². The molecule has 0 saturated heterocycles. The molecule has 0 bridgehead atoms. The van der Waals surface area contributed by atoms with Gasteiger partial charge in [0.2, 0.25) is 11.1 Å². The van der Waals surface area contributed by atoms with Crippen molar-refractivity contribution in [2.75, 3.05) is 19.0 Å². The van der Waals surface area contributed by atoms with Gasteiger partial charge in [-0.3, -0.25) is 0 Å². The molecule has 0 radical (unpaired) electrons. The van der Waals surface area contributed by atoms with Crippen LogP contribution in [0.5, 0.6) is 6.01 Å². The highest BCUT2D eigenvalue weighted by Crippen LogP contribution is 2.26. The molecule has 0 spiro atoms. The van der Waals surface area contributed by atoms with Crippen LogP contribution in [0.25, 0.3) is 0 Å². The standard InChI is InChI=1S/C12H13FN4OS/c1-3-18-11-15-10(14-2)16-12(17-11)19-9-6-4-8(13)5-7-9/h4-7H,3H2,1-2H3,(H,14,15,16,17). The monoisotopic (exact) mass is 280 g/mol. The Kier molecular flexibility index (Phi) is 4.51. The number of hydrogen-bond acceptors (Lipinski definition) is 6. The number of nitrogens with zero attached hydrogens (tertiary/aromatic N) is 3. The molecule has 1 N–H and O–H groups in total. The molecule has 0 aliphatic rings. The lowest BCUT2D eigenvalue weighted by Gasteiger charge is -2.06. The van der Waals surface area contributed by atoms with Crippen molar-refractivity contribution < 1.29 is 9.13 Å². The summed E-state index contributed by atoms with van der Waals surface area (Å²) in [5, 5.41) is 3.34. The molecule has 1 aromatic carbocycles. The fraction of sp³-hybridized carbons (Fsp3) is 0.250. The highest BCUT2D eigenvalue weighted by Gasteiger charge is 2.08. The van der Waals surface area contributed by atoms with Crippen molar-refractivity contribution in [1.29, 1.82) is 0 Å². The van der Waals surface area contributed by atoms with Crippen LogP contribution in [0.2, 0.25) is 0 Å². The topological polar surface area (TPSA) is 59.9 Å². The first-order valence-corrected chi connectivity index (χ1v) is 6.53. The minimum atomic E-state index is -0.272. The largest absolute Gasteiger partial charge is 0.464 e. The molecular formula is C12H13FN4OS. The molecule has 0 saturated carbocycles. The van der Waals surface area contributed by atoms with Crippen molar-refractivity contribution in [1.82, 2.24) is 15.0 Å². The molecule has 100 valence electrons. The zero-order valence-corrected chi connectivity index (χ0v) is 11.4. The normalized spacial score (nSPS) is 10.3. The van der Waals surface area contributed by atoms with Crippen LogP contribution in [0, 0.1) is 5.82 Å². The molecule has 2 rings (SSSR count). The van der Waals surface area contributed by atoms with E-state index in [-0.39, 0.29) is 11.8 Å². The average molecular weight is 280 g/mol. The van der Waals surface area contributed by atoms with Crippen molar-refractivity contribution in [2.45, 2.75) is 17.0 Å². The van der Waals surface area contributed by atoms with Gasteiger partial charge in [-0.05, 0) is 43.0 Å². The van der Waals surface area contributed by atoms with E-state index in [0.717, 1.165) is 4.90 Å². The van der Waals surface area contributed by atoms with Gasteiger partial charge in [0, 0.05) is 11.9 Å². The second-order valence-electron chi connectivity index (χ2n) is 3.46. The van der Waals surface area contributed by atoms with Crippen molar-refractivity contribution in [3.8, 4) is 6.01 Å². The number of aromatic nitrogens is 3. The Balaban J connectivity index is 2.23. The van der Waals surface area contributed by atoms with Crippen LogP contribution in [0.3, 0.4) is 0 Å². The third-order valence-corrected chi connectivity index (χ3v) is 2.99. The third kappa shape index (κ3) is 3.78. The molecule has 0 aliphatic carbocycles. The summed E-state index contributed by atoms with van der Waals surface area (Å²) >= 11 is 1.32. The molecule has 5 nitrogen and oxygen atoms in total. The fourth-order valence-corrected chi connectivity index (χ4v) is 2.04.